The van der Waals surface area contributed by atoms with E-state index in [9.17, 15) is 5.11 Å². The van der Waals surface area contributed by atoms with E-state index >= 15 is 0 Å². The summed E-state index contributed by atoms with van der Waals surface area (Å²) in [6.45, 7) is 0.761. The number of ether oxygens (including phenoxy) is 1. The maximum atomic E-state index is 9.61. The van der Waals surface area contributed by atoms with Gasteiger partial charge in [-0.15, -0.1) is 0 Å². The normalized spacial score (nSPS) is 26.1. The summed E-state index contributed by atoms with van der Waals surface area (Å²) in [6, 6.07) is 0. The summed E-state index contributed by atoms with van der Waals surface area (Å²) in [6.07, 6.45) is 6.01. The zero-order chi connectivity index (χ0) is 7.68. The molecule has 0 aromatic heterocycles. The molecule has 1 N–H and O–H groups in total. The molecule has 1 heterocycles. The van der Waals surface area contributed by atoms with E-state index in [2.05, 4.69) is 0 Å². The molecule has 0 spiro atoms. The average molecular weight is 154 g/mol. The fourth-order valence-corrected chi connectivity index (χ4v) is 1.47. The second kappa shape index (κ2) is 2.86. The van der Waals surface area contributed by atoms with E-state index in [0.29, 0.717) is 0 Å². The van der Waals surface area contributed by atoms with Gasteiger partial charge in [-0.3, -0.25) is 0 Å². The molecule has 0 bridgehead atoms. The molecule has 1 fully saturated rings. The van der Waals surface area contributed by atoms with E-state index in [1.165, 1.54) is 12.8 Å². The van der Waals surface area contributed by atoms with Crippen LogP contribution in [0.4, 0.5) is 0 Å². The van der Waals surface area contributed by atoms with Gasteiger partial charge in [-0.1, -0.05) is 12.8 Å². The van der Waals surface area contributed by atoms with Crippen LogP contribution in [0.3, 0.4) is 0 Å². The van der Waals surface area contributed by atoms with E-state index in [1.54, 1.807) is 6.26 Å². The zero-order valence-corrected chi connectivity index (χ0v) is 6.62. The topological polar surface area (TPSA) is 29.5 Å². The Balaban J connectivity index is 1.82. The molecule has 2 heteroatoms. The largest absolute Gasteiger partial charge is 0.501 e. The lowest BCUT2D eigenvalue weighted by molar-refractivity contribution is 0.190. The second-order valence-electron chi connectivity index (χ2n) is 3.51. The van der Waals surface area contributed by atoms with Crippen LogP contribution in [0.15, 0.2) is 11.8 Å². The van der Waals surface area contributed by atoms with Gasteiger partial charge in [0.05, 0.1) is 19.0 Å². The summed E-state index contributed by atoms with van der Waals surface area (Å²) in [7, 11) is 0. The van der Waals surface area contributed by atoms with Crippen LogP contribution in [-0.4, -0.2) is 17.8 Å². The summed E-state index contributed by atoms with van der Waals surface area (Å²) in [5.41, 5.74) is 1.09. The van der Waals surface area contributed by atoms with Crippen LogP contribution in [0.1, 0.15) is 25.7 Å². The summed E-state index contributed by atoms with van der Waals surface area (Å²) in [5.74, 6) is 0.798. The summed E-state index contributed by atoms with van der Waals surface area (Å²) < 4.78 is 5.06. The molecule has 11 heavy (non-hydrogen) atoms. The molecule has 2 rings (SSSR count). The van der Waals surface area contributed by atoms with Gasteiger partial charge in [0.1, 0.15) is 0 Å². The second-order valence-corrected chi connectivity index (χ2v) is 3.51. The summed E-state index contributed by atoms with van der Waals surface area (Å²) in [4.78, 5) is 0. The van der Waals surface area contributed by atoms with Crippen molar-refractivity contribution in [3.63, 3.8) is 0 Å². The first-order chi connectivity index (χ1) is 5.36. The quantitative estimate of drug-likeness (QED) is 0.666. The molecule has 1 atom stereocenters. The lowest BCUT2D eigenvalue weighted by atomic mass is 10.0. The van der Waals surface area contributed by atoms with Crippen molar-refractivity contribution in [1.82, 2.24) is 0 Å². The Kier molecular flexibility index (Phi) is 1.86. The molecule has 1 saturated carbocycles. The standard InChI is InChI=1S/C9H14O2/c10-9(5-7-1-2-7)8-3-4-11-6-8/h6-7,9-10H,1-5H2. The van der Waals surface area contributed by atoms with Crippen molar-refractivity contribution in [2.45, 2.75) is 31.8 Å². The maximum Gasteiger partial charge on any atom is 0.0912 e. The monoisotopic (exact) mass is 154 g/mol. The Morgan fingerprint density at radius 3 is 3.00 bits per heavy atom. The highest BCUT2D eigenvalue weighted by Gasteiger charge is 2.26. The van der Waals surface area contributed by atoms with Crippen molar-refractivity contribution in [3.8, 4) is 0 Å². The Labute approximate surface area is 66.9 Å². The molecule has 1 aliphatic carbocycles. The molecular weight excluding hydrogens is 140 g/mol. The van der Waals surface area contributed by atoms with E-state index in [4.69, 9.17) is 4.74 Å². The first-order valence-electron chi connectivity index (χ1n) is 4.35. The Morgan fingerprint density at radius 1 is 1.64 bits per heavy atom. The molecule has 0 aromatic carbocycles. The molecule has 62 valence electrons. The van der Waals surface area contributed by atoms with Crippen LogP contribution in [0.5, 0.6) is 0 Å². The molecule has 0 radical (unpaired) electrons. The first-order valence-corrected chi connectivity index (χ1v) is 4.35. The van der Waals surface area contributed by atoms with Gasteiger partial charge in [0.25, 0.3) is 0 Å². The molecule has 0 amide bonds. The van der Waals surface area contributed by atoms with Crippen LogP contribution in [0.25, 0.3) is 0 Å². The van der Waals surface area contributed by atoms with Crippen LogP contribution in [-0.2, 0) is 4.74 Å². The fourth-order valence-electron chi connectivity index (χ4n) is 1.47. The van der Waals surface area contributed by atoms with Gasteiger partial charge in [0.15, 0.2) is 0 Å². The highest BCUT2D eigenvalue weighted by Crippen LogP contribution is 2.35. The third kappa shape index (κ3) is 1.74. The number of aliphatic hydroxyl groups excluding tert-OH is 1. The number of hydrogen-bond acceptors (Lipinski definition) is 2. The number of hydrogen-bond donors (Lipinski definition) is 1. The van der Waals surface area contributed by atoms with Gasteiger partial charge in [0.2, 0.25) is 0 Å². The molecule has 0 aromatic rings. The van der Waals surface area contributed by atoms with Crippen molar-refractivity contribution in [1.29, 1.82) is 0 Å². The van der Waals surface area contributed by atoms with Gasteiger partial charge in [-0.05, 0) is 17.9 Å². The van der Waals surface area contributed by atoms with E-state index in [1.807, 2.05) is 0 Å². The smallest absolute Gasteiger partial charge is 0.0912 e. The lowest BCUT2D eigenvalue weighted by Gasteiger charge is -2.08. The third-order valence-electron chi connectivity index (χ3n) is 2.42. The minimum atomic E-state index is -0.218. The Hall–Kier alpha value is -0.500. The number of rotatable bonds is 3. The first kappa shape index (κ1) is 7.17. The Bertz CT molecular complexity index is 170. The van der Waals surface area contributed by atoms with Crippen molar-refractivity contribution in [3.05, 3.63) is 11.8 Å². The van der Waals surface area contributed by atoms with Crippen LogP contribution < -0.4 is 0 Å². The van der Waals surface area contributed by atoms with Crippen molar-refractivity contribution in [2.24, 2.45) is 5.92 Å². The van der Waals surface area contributed by atoms with Crippen LogP contribution in [0, 0.1) is 5.92 Å². The van der Waals surface area contributed by atoms with Gasteiger partial charge >= 0.3 is 0 Å². The molecule has 1 unspecified atom stereocenters. The fraction of sp³-hybridized carbons (Fsp3) is 0.778. The summed E-state index contributed by atoms with van der Waals surface area (Å²) >= 11 is 0. The molecular formula is C9H14O2. The van der Waals surface area contributed by atoms with Crippen molar-refractivity contribution in [2.75, 3.05) is 6.61 Å². The molecule has 2 nitrogen and oxygen atoms in total. The lowest BCUT2D eigenvalue weighted by Crippen LogP contribution is -2.09. The minimum absolute atomic E-state index is 0.218. The van der Waals surface area contributed by atoms with E-state index in [-0.39, 0.29) is 6.10 Å². The maximum absolute atomic E-state index is 9.61. The van der Waals surface area contributed by atoms with Gasteiger partial charge in [0, 0.05) is 6.42 Å². The van der Waals surface area contributed by atoms with Crippen LogP contribution in [0.2, 0.25) is 0 Å². The van der Waals surface area contributed by atoms with E-state index < -0.39 is 0 Å². The van der Waals surface area contributed by atoms with E-state index in [0.717, 1.165) is 30.9 Å². The summed E-state index contributed by atoms with van der Waals surface area (Å²) in [5, 5.41) is 9.61. The van der Waals surface area contributed by atoms with Crippen LogP contribution >= 0.6 is 0 Å². The minimum Gasteiger partial charge on any atom is -0.501 e. The van der Waals surface area contributed by atoms with Gasteiger partial charge < -0.3 is 9.84 Å². The predicted octanol–water partition coefficient (Wildman–Crippen LogP) is 1.45. The average Bonchev–Trinajstić information content (AvgIpc) is 2.67. The zero-order valence-electron chi connectivity index (χ0n) is 6.62. The molecule has 0 saturated heterocycles. The Morgan fingerprint density at radius 2 is 2.45 bits per heavy atom. The highest BCUT2D eigenvalue weighted by atomic mass is 16.5. The molecule has 2 aliphatic rings. The predicted molar refractivity (Wildman–Crippen MR) is 42.0 cm³/mol. The van der Waals surface area contributed by atoms with Crippen molar-refractivity contribution >= 4 is 0 Å². The highest BCUT2D eigenvalue weighted by molar-refractivity contribution is 5.09. The van der Waals surface area contributed by atoms with Gasteiger partial charge in [-0.2, -0.15) is 0 Å². The molecule has 1 aliphatic heterocycles. The third-order valence-corrected chi connectivity index (χ3v) is 2.42. The SMILES string of the molecule is OC(CC1CC1)C1=COCC1. The number of aliphatic hydroxyl groups is 1. The van der Waals surface area contributed by atoms with Gasteiger partial charge in [-0.25, -0.2) is 0 Å². The van der Waals surface area contributed by atoms with Crippen molar-refractivity contribution < 1.29 is 9.84 Å².